The van der Waals surface area contributed by atoms with Crippen molar-refractivity contribution >= 4 is 40.7 Å². The first-order chi connectivity index (χ1) is 13.2. The number of benzene rings is 2. The van der Waals surface area contributed by atoms with E-state index in [1.165, 1.54) is 6.92 Å². The van der Waals surface area contributed by atoms with Gasteiger partial charge in [0.1, 0.15) is 5.76 Å². The average Bonchev–Trinajstić information content (AvgIpc) is 2.86. The first kappa shape index (κ1) is 20.4. The lowest BCUT2D eigenvalue weighted by Gasteiger charge is -2.26. The predicted octanol–water partition coefficient (Wildman–Crippen LogP) is 4.21. The predicted molar refractivity (Wildman–Crippen MR) is 109 cm³/mol. The average molecular weight is 420 g/mol. The monoisotopic (exact) mass is 419 g/mol. The van der Waals surface area contributed by atoms with Gasteiger partial charge in [0.05, 0.1) is 11.1 Å². The normalized spacial score (nSPS) is 19.0. The molecule has 0 saturated carbocycles. The largest absolute Gasteiger partial charge is 0.428 e. The number of carbonyl (C=O) groups is 2. The summed E-state index contributed by atoms with van der Waals surface area (Å²) in [6, 6.07) is 12.6. The van der Waals surface area contributed by atoms with E-state index in [9.17, 15) is 14.7 Å². The van der Waals surface area contributed by atoms with Gasteiger partial charge in [-0.25, -0.2) is 0 Å². The molecule has 1 amide bonds. The number of hydrogen-bond acceptors (Lipinski definition) is 4. The third-order valence-electron chi connectivity index (χ3n) is 4.62. The number of esters is 1. The van der Waals surface area contributed by atoms with Crippen LogP contribution in [0.25, 0.3) is 16.7 Å². The number of hydrogen-bond donors (Lipinski definition) is 2. The van der Waals surface area contributed by atoms with Crippen LogP contribution in [0.4, 0.5) is 0 Å². The molecule has 7 heteroatoms. The zero-order valence-electron chi connectivity index (χ0n) is 15.4. The Morgan fingerprint density at radius 1 is 1.14 bits per heavy atom. The van der Waals surface area contributed by atoms with E-state index in [2.05, 4.69) is 5.32 Å². The summed E-state index contributed by atoms with van der Waals surface area (Å²) in [5, 5.41) is 13.2. The standard InChI is InChI=1S/C21H19Cl2NO4/c1-12(26)28-19-18(20(27)24-21(19,2)9-10-25)16-11-14(5-8-17(16)23)13-3-6-15(22)7-4-13/h3-8,11,25H,9-10H2,1-2H3,(H,24,27). The summed E-state index contributed by atoms with van der Waals surface area (Å²) in [7, 11) is 0. The Morgan fingerprint density at radius 2 is 1.79 bits per heavy atom. The summed E-state index contributed by atoms with van der Waals surface area (Å²) in [6.45, 7) is 2.77. The van der Waals surface area contributed by atoms with E-state index in [0.29, 0.717) is 15.6 Å². The van der Waals surface area contributed by atoms with Crippen molar-refractivity contribution < 1.29 is 19.4 Å². The molecule has 3 rings (SSSR count). The minimum atomic E-state index is -1.01. The van der Waals surface area contributed by atoms with Gasteiger partial charge in [-0.2, -0.15) is 0 Å². The van der Waals surface area contributed by atoms with Gasteiger partial charge in [0.15, 0.2) is 0 Å². The fourth-order valence-corrected chi connectivity index (χ4v) is 3.58. The molecule has 1 unspecified atom stereocenters. The van der Waals surface area contributed by atoms with E-state index in [1.807, 2.05) is 18.2 Å². The van der Waals surface area contributed by atoms with Gasteiger partial charge in [0.2, 0.25) is 0 Å². The van der Waals surface area contributed by atoms with Crippen molar-refractivity contribution in [1.82, 2.24) is 5.32 Å². The van der Waals surface area contributed by atoms with E-state index in [4.69, 9.17) is 27.9 Å². The highest BCUT2D eigenvalue weighted by molar-refractivity contribution is 6.36. The van der Waals surface area contributed by atoms with Crippen molar-refractivity contribution in [3.63, 3.8) is 0 Å². The summed E-state index contributed by atoms with van der Waals surface area (Å²) in [5.41, 5.74) is 1.35. The topological polar surface area (TPSA) is 75.6 Å². The third kappa shape index (κ3) is 3.92. The molecule has 0 bridgehead atoms. The molecular weight excluding hydrogens is 401 g/mol. The first-order valence-corrected chi connectivity index (χ1v) is 9.43. The highest BCUT2D eigenvalue weighted by atomic mass is 35.5. The Kier molecular flexibility index (Phi) is 5.79. The third-order valence-corrected chi connectivity index (χ3v) is 5.20. The summed E-state index contributed by atoms with van der Waals surface area (Å²) >= 11 is 12.4. The fourth-order valence-electron chi connectivity index (χ4n) is 3.24. The molecule has 0 fully saturated rings. The van der Waals surface area contributed by atoms with Crippen LogP contribution in [-0.2, 0) is 14.3 Å². The van der Waals surface area contributed by atoms with Crippen LogP contribution in [0.2, 0.25) is 10.0 Å². The number of amides is 1. The quantitative estimate of drug-likeness (QED) is 0.711. The summed E-state index contributed by atoms with van der Waals surface area (Å²) < 4.78 is 5.40. The van der Waals surface area contributed by atoms with Crippen molar-refractivity contribution in [3.8, 4) is 11.1 Å². The van der Waals surface area contributed by atoms with Crippen LogP contribution in [0, 0.1) is 0 Å². The molecular formula is C21H19Cl2NO4. The van der Waals surface area contributed by atoms with Crippen LogP contribution in [0.15, 0.2) is 48.2 Å². The molecule has 0 aliphatic carbocycles. The summed E-state index contributed by atoms with van der Waals surface area (Å²) in [6.07, 6.45) is 0.194. The molecule has 2 N–H and O–H groups in total. The molecule has 5 nitrogen and oxygen atoms in total. The number of aliphatic hydroxyl groups is 1. The van der Waals surface area contributed by atoms with Crippen LogP contribution in [0.3, 0.4) is 0 Å². The Hall–Kier alpha value is -2.34. The van der Waals surface area contributed by atoms with Crippen molar-refractivity contribution in [2.24, 2.45) is 0 Å². The Morgan fingerprint density at radius 3 is 2.39 bits per heavy atom. The number of aliphatic hydroxyl groups excluding tert-OH is 1. The van der Waals surface area contributed by atoms with Crippen LogP contribution < -0.4 is 5.32 Å². The zero-order chi connectivity index (χ0) is 20.5. The van der Waals surface area contributed by atoms with E-state index in [0.717, 1.165) is 11.1 Å². The van der Waals surface area contributed by atoms with Crippen LogP contribution in [0.1, 0.15) is 25.8 Å². The molecule has 2 aromatic rings. The number of ether oxygens (including phenoxy) is 1. The van der Waals surface area contributed by atoms with E-state index >= 15 is 0 Å². The zero-order valence-corrected chi connectivity index (χ0v) is 16.9. The van der Waals surface area contributed by atoms with Crippen molar-refractivity contribution in [1.29, 1.82) is 0 Å². The van der Waals surface area contributed by atoms with E-state index in [-0.39, 0.29) is 24.4 Å². The molecule has 1 heterocycles. The van der Waals surface area contributed by atoms with Gasteiger partial charge < -0.3 is 15.2 Å². The minimum Gasteiger partial charge on any atom is -0.428 e. The number of halogens is 2. The maximum absolute atomic E-state index is 12.8. The van der Waals surface area contributed by atoms with Gasteiger partial charge >= 0.3 is 5.97 Å². The van der Waals surface area contributed by atoms with Gasteiger partial charge in [-0.3, -0.25) is 9.59 Å². The summed E-state index contributed by atoms with van der Waals surface area (Å²) in [5.74, 6) is -0.810. The smallest absolute Gasteiger partial charge is 0.307 e. The van der Waals surface area contributed by atoms with Gasteiger partial charge in [-0.05, 0) is 42.3 Å². The number of nitrogens with one attached hydrogen (secondary N) is 1. The molecule has 1 aliphatic rings. The molecule has 0 radical (unpaired) electrons. The van der Waals surface area contributed by atoms with Gasteiger partial charge in [0.25, 0.3) is 5.91 Å². The first-order valence-electron chi connectivity index (χ1n) is 8.67. The maximum Gasteiger partial charge on any atom is 0.307 e. The number of rotatable bonds is 5. The van der Waals surface area contributed by atoms with Crippen molar-refractivity contribution in [3.05, 3.63) is 63.8 Å². The Labute approximate surface area is 172 Å². The van der Waals surface area contributed by atoms with E-state index < -0.39 is 17.4 Å². The SMILES string of the molecule is CC(=O)OC1=C(c2cc(-c3ccc(Cl)cc3)ccc2Cl)C(=O)NC1(C)CCO. The second kappa shape index (κ2) is 7.95. The molecule has 1 atom stereocenters. The van der Waals surface area contributed by atoms with Gasteiger partial charge in [0, 0.05) is 35.6 Å². The lowest BCUT2D eigenvalue weighted by Crippen LogP contribution is -2.43. The van der Waals surface area contributed by atoms with Crippen molar-refractivity contribution in [2.45, 2.75) is 25.8 Å². The fraction of sp³-hybridized carbons (Fsp3) is 0.238. The molecule has 0 saturated heterocycles. The second-order valence-corrected chi connectivity index (χ2v) is 7.60. The summed E-state index contributed by atoms with van der Waals surface area (Å²) in [4.78, 5) is 24.5. The lowest BCUT2D eigenvalue weighted by atomic mass is 9.93. The van der Waals surface area contributed by atoms with Gasteiger partial charge in [-0.1, -0.05) is 41.4 Å². The van der Waals surface area contributed by atoms with E-state index in [1.54, 1.807) is 31.2 Å². The van der Waals surface area contributed by atoms with Crippen LogP contribution >= 0.6 is 23.2 Å². The minimum absolute atomic E-state index is 0.161. The highest BCUT2D eigenvalue weighted by Crippen LogP contribution is 2.40. The molecule has 0 spiro atoms. The molecule has 0 aromatic heterocycles. The molecule has 1 aliphatic heterocycles. The van der Waals surface area contributed by atoms with Crippen LogP contribution in [0.5, 0.6) is 0 Å². The Bertz CT molecular complexity index is 969. The van der Waals surface area contributed by atoms with Gasteiger partial charge in [-0.15, -0.1) is 0 Å². The van der Waals surface area contributed by atoms with Crippen molar-refractivity contribution in [2.75, 3.05) is 6.61 Å². The highest BCUT2D eigenvalue weighted by Gasteiger charge is 2.44. The molecule has 2 aromatic carbocycles. The number of carbonyl (C=O) groups excluding carboxylic acids is 2. The molecule has 146 valence electrons. The molecule has 28 heavy (non-hydrogen) atoms. The van der Waals surface area contributed by atoms with Crippen LogP contribution in [-0.4, -0.2) is 29.1 Å². The maximum atomic E-state index is 12.8. The Balaban J connectivity index is 2.18. The lowest BCUT2D eigenvalue weighted by molar-refractivity contribution is -0.138. The second-order valence-electron chi connectivity index (χ2n) is 6.76.